The number of ether oxygens (including phenoxy) is 1. The van der Waals surface area contributed by atoms with Crippen molar-refractivity contribution in [3.05, 3.63) is 65.2 Å². The van der Waals surface area contributed by atoms with Crippen LogP contribution in [0.1, 0.15) is 5.56 Å². The third-order valence-corrected chi connectivity index (χ3v) is 3.50. The van der Waals surface area contributed by atoms with Crippen LogP contribution >= 0.6 is 11.6 Å². The predicted octanol–water partition coefficient (Wildman–Crippen LogP) is 3.78. The molecule has 106 valence electrons. The van der Waals surface area contributed by atoms with Crippen molar-refractivity contribution in [3.63, 3.8) is 0 Å². The third kappa shape index (κ3) is 3.09. The standard InChI is InChI=1S/C17H14ClNO2/c18-14-5-3-4-13(12-14)8-9-17(20)19-10-11-21-16-7-2-1-6-15(16)19/h1-9,12H,10-11H2. The number of rotatable bonds is 2. The van der Waals surface area contributed by atoms with Crippen LogP contribution in [0.4, 0.5) is 5.69 Å². The molecule has 1 aliphatic heterocycles. The van der Waals surface area contributed by atoms with Gasteiger partial charge in [-0.3, -0.25) is 4.79 Å². The summed E-state index contributed by atoms with van der Waals surface area (Å²) in [4.78, 5) is 14.1. The lowest BCUT2D eigenvalue weighted by atomic mass is 10.2. The molecule has 0 fully saturated rings. The molecule has 21 heavy (non-hydrogen) atoms. The van der Waals surface area contributed by atoms with E-state index in [-0.39, 0.29) is 5.91 Å². The zero-order valence-corrected chi connectivity index (χ0v) is 12.1. The van der Waals surface area contributed by atoms with E-state index < -0.39 is 0 Å². The van der Waals surface area contributed by atoms with Crippen LogP contribution in [-0.2, 0) is 4.79 Å². The van der Waals surface area contributed by atoms with Gasteiger partial charge in [-0.05, 0) is 35.9 Å². The van der Waals surface area contributed by atoms with Gasteiger partial charge in [-0.1, -0.05) is 35.9 Å². The van der Waals surface area contributed by atoms with E-state index in [9.17, 15) is 4.79 Å². The van der Waals surface area contributed by atoms with E-state index in [4.69, 9.17) is 16.3 Å². The van der Waals surface area contributed by atoms with Crippen LogP contribution in [0.3, 0.4) is 0 Å². The summed E-state index contributed by atoms with van der Waals surface area (Å²) >= 11 is 5.93. The number of nitrogens with zero attached hydrogens (tertiary/aromatic N) is 1. The first-order chi connectivity index (χ1) is 10.2. The van der Waals surface area contributed by atoms with Crippen LogP contribution in [-0.4, -0.2) is 19.1 Å². The molecule has 1 heterocycles. The lowest BCUT2D eigenvalue weighted by Gasteiger charge is -2.28. The summed E-state index contributed by atoms with van der Waals surface area (Å²) in [6.07, 6.45) is 3.33. The fourth-order valence-corrected chi connectivity index (χ4v) is 2.46. The molecule has 2 aromatic carbocycles. The van der Waals surface area contributed by atoms with Gasteiger partial charge in [0.1, 0.15) is 12.4 Å². The Balaban J connectivity index is 1.80. The molecule has 3 rings (SSSR count). The molecule has 1 amide bonds. The zero-order valence-electron chi connectivity index (χ0n) is 11.3. The van der Waals surface area contributed by atoms with E-state index in [0.717, 1.165) is 17.0 Å². The molecule has 0 unspecified atom stereocenters. The van der Waals surface area contributed by atoms with Crippen molar-refractivity contribution in [1.82, 2.24) is 0 Å². The Labute approximate surface area is 128 Å². The Hall–Kier alpha value is -2.26. The Kier molecular flexibility index (Phi) is 3.93. The van der Waals surface area contributed by atoms with Gasteiger partial charge in [0.25, 0.3) is 5.91 Å². The molecule has 0 aromatic heterocycles. The van der Waals surface area contributed by atoms with Gasteiger partial charge in [0.2, 0.25) is 0 Å². The van der Waals surface area contributed by atoms with Gasteiger partial charge in [0.05, 0.1) is 12.2 Å². The minimum atomic E-state index is -0.0641. The highest BCUT2D eigenvalue weighted by Gasteiger charge is 2.21. The second-order valence-corrected chi connectivity index (χ2v) is 5.13. The quantitative estimate of drug-likeness (QED) is 0.790. The maximum atomic E-state index is 12.4. The van der Waals surface area contributed by atoms with Gasteiger partial charge < -0.3 is 9.64 Å². The number of hydrogen-bond acceptors (Lipinski definition) is 2. The summed E-state index contributed by atoms with van der Waals surface area (Å²) < 4.78 is 5.55. The number of carbonyl (C=O) groups excluding carboxylic acids is 1. The number of anilines is 1. The average molecular weight is 300 g/mol. The molecule has 0 N–H and O–H groups in total. The molecule has 0 aliphatic carbocycles. The first-order valence-electron chi connectivity index (χ1n) is 6.71. The fraction of sp³-hybridized carbons (Fsp3) is 0.118. The highest BCUT2D eigenvalue weighted by molar-refractivity contribution is 6.30. The topological polar surface area (TPSA) is 29.5 Å². The molecule has 0 atom stereocenters. The second-order valence-electron chi connectivity index (χ2n) is 4.69. The first-order valence-corrected chi connectivity index (χ1v) is 7.09. The number of hydrogen-bond donors (Lipinski definition) is 0. The SMILES string of the molecule is O=C(C=Cc1cccc(Cl)c1)N1CCOc2ccccc21. The van der Waals surface area contributed by atoms with E-state index in [1.807, 2.05) is 42.5 Å². The molecule has 4 heteroatoms. The van der Waals surface area contributed by atoms with Gasteiger partial charge in [-0.2, -0.15) is 0 Å². The van der Waals surface area contributed by atoms with Crippen molar-refractivity contribution in [1.29, 1.82) is 0 Å². The molecular weight excluding hydrogens is 286 g/mol. The first kappa shape index (κ1) is 13.7. The monoisotopic (exact) mass is 299 g/mol. The van der Waals surface area contributed by atoms with Crippen molar-refractivity contribution in [3.8, 4) is 5.75 Å². The summed E-state index contributed by atoms with van der Waals surface area (Å²) in [6, 6.07) is 14.9. The van der Waals surface area contributed by atoms with Crippen LogP contribution in [0.5, 0.6) is 5.75 Å². The minimum Gasteiger partial charge on any atom is -0.490 e. The third-order valence-electron chi connectivity index (χ3n) is 3.26. The predicted molar refractivity (Wildman–Crippen MR) is 84.8 cm³/mol. The summed E-state index contributed by atoms with van der Waals surface area (Å²) in [5.41, 5.74) is 1.71. The maximum Gasteiger partial charge on any atom is 0.251 e. The van der Waals surface area contributed by atoms with Gasteiger partial charge in [0, 0.05) is 11.1 Å². The number of halogens is 1. The molecule has 1 aliphatic rings. The lowest BCUT2D eigenvalue weighted by molar-refractivity contribution is -0.114. The molecule has 3 nitrogen and oxygen atoms in total. The van der Waals surface area contributed by atoms with Crippen LogP contribution < -0.4 is 9.64 Å². The molecule has 2 aromatic rings. The number of fused-ring (bicyclic) bond motifs is 1. The zero-order chi connectivity index (χ0) is 14.7. The average Bonchev–Trinajstić information content (AvgIpc) is 2.52. The second kappa shape index (κ2) is 6.02. The summed E-state index contributed by atoms with van der Waals surface area (Å²) in [5.74, 6) is 0.680. The minimum absolute atomic E-state index is 0.0641. The number of benzene rings is 2. The van der Waals surface area contributed by atoms with Crippen LogP contribution in [0.25, 0.3) is 6.08 Å². The van der Waals surface area contributed by atoms with E-state index >= 15 is 0 Å². The van der Waals surface area contributed by atoms with Crippen LogP contribution in [0.15, 0.2) is 54.6 Å². The molecule has 0 saturated heterocycles. The largest absolute Gasteiger partial charge is 0.490 e. The Morgan fingerprint density at radius 2 is 2.05 bits per heavy atom. The highest BCUT2D eigenvalue weighted by atomic mass is 35.5. The van der Waals surface area contributed by atoms with Gasteiger partial charge in [-0.25, -0.2) is 0 Å². The van der Waals surface area contributed by atoms with Crippen LogP contribution in [0.2, 0.25) is 5.02 Å². The van der Waals surface area contributed by atoms with Crippen molar-refractivity contribution in [2.24, 2.45) is 0 Å². The Bertz CT molecular complexity index is 697. The van der Waals surface area contributed by atoms with E-state index in [0.29, 0.717) is 18.2 Å². The summed E-state index contributed by atoms with van der Waals surface area (Å²) in [6.45, 7) is 1.06. The van der Waals surface area contributed by atoms with E-state index in [1.165, 1.54) is 0 Å². The fourth-order valence-electron chi connectivity index (χ4n) is 2.27. The van der Waals surface area contributed by atoms with Gasteiger partial charge in [0.15, 0.2) is 0 Å². The molecule has 0 spiro atoms. The van der Waals surface area contributed by atoms with Crippen molar-refractivity contribution in [2.75, 3.05) is 18.1 Å². The lowest BCUT2D eigenvalue weighted by Crippen LogP contribution is -2.36. The van der Waals surface area contributed by atoms with Gasteiger partial charge in [-0.15, -0.1) is 0 Å². The molecule has 0 radical (unpaired) electrons. The Morgan fingerprint density at radius 3 is 2.90 bits per heavy atom. The number of amides is 1. The summed E-state index contributed by atoms with van der Waals surface area (Å²) in [7, 11) is 0. The van der Waals surface area contributed by atoms with Crippen LogP contribution in [0, 0.1) is 0 Å². The van der Waals surface area contributed by atoms with E-state index in [1.54, 1.807) is 23.1 Å². The van der Waals surface area contributed by atoms with Crippen molar-refractivity contribution in [2.45, 2.75) is 0 Å². The van der Waals surface area contributed by atoms with Gasteiger partial charge >= 0.3 is 0 Å². The van der Waals surface area contributed by atoms with Crippen molar-refractivity contribution >= 4 is 29.3 Å². The Morgan fingerprint density at radius 1 is 1.19 bits per heavy atom. The van der Waals surface area contributed by atoms with Crippen molar-refractivity contribution < 1.29 is 9.53 Å². The number of para-hydroxylation sites is 2. The highest BCUT2D eigenvalue weighted by Crippen LogP contribution is 2.31. The molecule has 0 bridgehead atoms. The number of carbonyl (C=O) groups is 1. The summed E-state index contributed by atoms with van der Waals surface area (Å²) in [5, 5.41) is 0.654. The normalized spacial score (nSPS) is 13.9. The van der Waals surface area contributed by atoms with E-state index in [2.05, 4.69) is 0 Å². The molecular formula is C17H14ClNO2. The smallest absolute Gasteiger partial charge is 0.251 e. The maximum absolute atomic E-state index is 12.4. The molecule has 0 saturated carbocycles.